The quantitative estimate of drug-likeness (QED) is 0.505. The molecular formula is C30H28FN7O2. The number of amides is 2. The summed E-state index contributed by atoms with van der Waals surface area (Å²) in [6.45, 7) is 3.90. The van der Waals surface area contributed by atoms with Crippen LogP contribution in [0.2, 0.25) is 0 Å². The van der Waals surface area contributed by atoms with E-state index in [2.05, 4.69) is 29.0 Å². The van der Waals surface area contributed by atoms with Crippen LogP contribution in [0.15, 0.2) is 61.2 Å². The molecule has 1 saturated heterocycles. The minimum Gasteiger partial charge on any atom is -0.351 e. The van der Waals surface area contributed by atoms with E-state index in [0.717, 1.165) is 36.1 Å². The van der Waals surface area contributed by atoms with Crippen LogP contribution in [0.4, 0.5) is 15.9 Å². The van der Waals surface area contributed by atoms with Gasteiger partial charge in [-0.1, -0.05) is 30.8 Å². The number of benzene rings is 1. The summed E-state index contributed by atoms with van der Waals surface area (Å²) in [6.07, 6.45) is 6.37. The highest BCUT2D eigenvalue weighted by Crippen LogP contribution is 2.46. The molecule has 2 unspecified atom stereocenters. The Balaban J connectivity index is 1.45. The normalized spacial score (nSPS) is 21.7. The SMILES string of the molecule is C=C(F)C(=O)N1CCN(c2nc(-c3cccnc3)nc3c2NC(=O)C2(CCCc4ccccc42)C3)CC1CC#N. The molecule has 0 saturated carbocycles. The Morgan fingerprint density at radius 1 is 1.23 bits per heavy atom. The molecule has 2 atom stereocenters. The molecule has 4 heterocycles. The van der Waals surface area contributed by atoms with Gasteiger partial charge in [-0.05, 0) is 42.5 Å². The number of hydrogen-bond donors (Lipinski definition) is 1. The molecule has 0 radical (unpaired) electrons. The number of fused-ring (bicyclic) bond motifs is 3. The van der Waals surface area contributed by atoms with Gasteiger partial charge in [-0.15, -0.1) is 0 Å². The van der Waals surface area contributed by atoms with E-state index >= 15 is 0 Å². The second-order valence-corrected chi connectivity index (χ2v) is 10.5. The van der Waals surface area contributed by atoms with Gasteiger partial charge in [0.15, 0.2) is 17.5 Å². The first-order valence-electron chi connectivity index (χ1n) is 13.4. The predicted octanol–water partition coefficient (Wildman–Crippen LogP) is 3.72. The van der Waals surface area contributed by atoms with Crippen molar-refractivity contribution in [3.8, 4) is 17.5 Å². The van der Waals surface area contributed by atoms with Crippen molar-refractivity contribution in [3.05, 3.63) is 78.0 Å². The third-order valence-electron chi connectivity index (χ3n) is 8.21. The van der Waals surface area contributed by atoms with Gasteiger partial charge in [0.1, 0.15) is 5.69 Å². The summed E-state index contributed by atoms with van der Waals surface area (Å²) in [6, 6.07) is 13.4. The van der Waals surface area contributed by atoms with Gasteiger partial charge in [-0.2, -0.15) is 5.26 Å². The first-order chi connectivity index (χ1) is 19.4. The summed E-state index contributed by atoms with van der Waals surface area (Å²) in [5.74, 6) is -0.955. The van der Waals surface area contributed by atoms with Crippen LogP contribution in [0.1, 0.15) is 36.1 Å². The van der Waals surface area contributed by atoms with E-state index in [1.54, 1.807) is 12.4 Å². The Morgan fingerprint density at radius 2 is 2.08 bits per heavy atom. The van der Waals surface area contributed by atoms with Crippen LogP contribution in [0.25, 0.3) is 11.4 Å². The van der Waals surface area contributed by atoms with Crippen LogP contribution in [0.3, 0.4) is 0 Å². The molecule has 202 valence electrons. The number of nitriles is 1. The van der Waals surface area contributed by atoms with Crippen LogP contribution >= 0.6 is 0 Å². The average molecular weight is 538 g/mol. The molecule has 0 bridgehead atoms. The van der Waals surface area contributed by atoms with Gasteiger partial charge < -0.3 is 15.1 Å². The van der Waals surface area contributed by atoms with Crippen LogP contribution < -0.4 is 10.2 Å². The van der Waals surface area contributed by atoms with Crippen molar-refractivity contribution in [3.63, 3.8) is 0 Å². The maximum absolute atomic E-state index is 13.9. The first kappa shape index (κ1) is 25.6. The number of nitrogens with zero attached hydrogens (tertiary/aromatic N) is 6. The van der Waals surface area contributed by atoms with E-state index in [-0.39, 0.29) is 25.4 Å². The number of nitrogens with one attached hydrogen (secondary N) is 1. The third-order valence-corrected chi connectivity index (χ3v) is 8.21. The highest BCUT2D eigenvalue weighted by atomic mass is 19.1. The molecule has 40 heavy (non-hydrogen) atoms. The van der Waals surface area contributed by atoms with E-state index in [1.165, 1.54) is 10.5 Å². The smallest absolute Gasteiger partial charge is 0.282 e. The highest BCUT2D eigenvalue weighted by molar-refractivity contribution is 6.04. The van der Waals surface area contributed by atoms with Gasteiger partial charge in [0.2, 0.25) is 5.91 Å². The highest BCUT2D eigenvalue weighted by Gasteiger charge is 2.48. The number of rotatable bonds is 4. The molecule has 2 amide bonds. The van der Waals surface area contributed by atoms with E-state index in [9.17, 15) is 19.2 Å². The predicted molar refractivity (Wildman–Crippen MR) is 147 cm³/mol. The molecular weight excluding hydrogens is 509 g/mol. The molecule has 1 N–H and O–H groups in total. The van der Waals surface area contributed by atoms with Gasteiger partial charge in [-0.3, -0.25) is 14.6 Å². The second-order valence-electron chi connectivity index (χ2n) is 10.5. The first-order valence-corrected chi connectivity index (χ1v) is 13.4. The van der Waals surface area contributed by atoms with Crippen LogP contribution in [0, 0.1) is 11.3 Å². The largest absolute Gasteiger partial charge is 0.351 e. The number of carbonyl (C=O) groups excluding carboxylic acids is 2. The Kier molecular flexibility index (Phi) is 6.50. The third kappa shape index (κ3) is 4.28. The lowest BCUT2D eigenvalue weighted by atomic mass is 9.65. The topological polar surface area (TPSA) is 115 Å². The van der Waals surface area contributed by atoms with E-state index < -0.39 is 23.2 Å². The molecule has 6 rings (SSSR count). The minimum atomic E-state index is -1.06. The molecule has 1 fully saturated rings. The number of pyridine rings is 1. The van der Waals surface area contributed by atoms with Gasteiger partial charge >= 0.3 is 0 Å². The summed E-state index contributed by atoms with van der Waals surface area (Å²) in [4.78, 5) is 43.7. The monoisotopic (exact) mass is 537 g/mol. The fraction of sp³-hybridized carbons (Fsp3) is 0.333. The number of halogens is 1. The van der Waals surface area contributed by atoms with Crippen molar-refractivity contribution >= 4 is 23.3 Å². The molecule has 3 aromatic rings. The van der Waals surface area contributed by atoms with Gasteiger partial charge in [-0.25, -0.2) is 14.4 Å². The van der Waals surface area contributed by atoms with Crippen molar-refractivity contribution in [1.82, 2.24) is 19.9 Å². The number of piperazine rings is 1. The lowest BCUT2D eigenvalue weighted by Crippen LogP contribution is -2.56. The van der Waals surface area contributed by atoms with Gasteiger partial charge in [0, 0.05) is 44.0 Å². The molecule has 2 aromatic heterocycles. The number of aryl methyl sites for hydroxylation is 1. The van der Waals surface area contributed by atoms with E-state index in [4.69, 9.17) is 9.97 Å². The minimum absolute atomic E-state index is 0.0184. The standard InChI is InChI=1S/C30H28FN7O2/c1-19(31)28(39)38-15-14-37(18-22(38)10-12-32)27-25-24(34-26(36-27)21-8-5-13-33-17-21)16-30(29(40)35-25)11-4-7-20-6-2-3-9-23(20)30/h2-3,5-6,8-9,13,17,22H,1,4,7,10-11,14-16,18H2,(H,35,40). The maximum Gasteiger partial charge on any atom is 0.282 e. The van der Waals surface area contributed by atoms with E-state index in [0.29, 0.717) is 30.3 Å². The fourth-order valence-corrected chi connectivity index (χ4v) is 6.29. The van der Waals surface area contributed by atoms with Crippen molar-refractivity contribution in [1.29, 1.82) is 5.26 Å². The van der Waals surface area contributed by atoms with E-state index in [1.807, 2.05) is 35.2 Å². The summed E-state index contributed by atoms with van der Waals surface area (Å²) in [5.41, 5.74) is 3.50. The molecule has 10 heteroatoms. The summed E-state index contributed by atoms with van der Waals surface area (Å²) in [7, 11) is 0. The number of carbonyl (C=O) groups is 2. The lowest BCUT2D eigenvalue weighted by molar-refractivity contribution is -0.131. The van der Waals surface area contributed by atoms with Crippen molar-refractivity contribution < 1.29 is 14.0 Å². The number of aromatic nitrogens is 3. The maximum atomic E-state index is 13.9. The van der Waals surface area contributed by atoms with Crippen molar-refractivity contribution in [2.24, 2.45) is 0 Å². The summed E-state index contributed by atoms with van der Waals surface area (Å²) < 4.78 is 13.7. The Hall–Kier alpha value is -4.65. The molecule has 2 aliphatic heterocycles. The van der Waals surface area contributed by atoms with Crippen LogP contribution in [0.5, 0.6) is 0 Å². The van der Waals surface area contributed by atoms with Crippen LogP contribution in [-0.2, 0) is 27.8 Å². The zero-order valence-electron chi connectivity index (χ0n) is 21.9. The fourth-order valence-electron chi connectivity index (χ4n) is 6.29. The van der Waals surface area contributed by atoms with Crippen molar-refractivity contribution in [2.75, 3.05) is 29.9 Å². The molecule has 3 aliphatic rings. The van der Waals surface area contributed by atoms with Crippen LogP contribution in [-0.4, -0.2) is 57.3 Å². The average Bonchev–Trinajstić information content (AvgIpc) is 2.98. The number of anilines is 2. The second kappa shape index (κ2) is 10.2. The lowest BCUT2D eigenvalue weighted by Gasteiger charge is -2.44. The summed E-state index contributed by atoms with van der Waals surface area (Å²) >= 11 is 0. The molecule has 9 nitrogen and oxygen atoms in total. The Bertz CT molecular complexity index is 1550. The Labute approximate surface area is 231 Å². The Morgan fingerprint density at radius 3 is 2.85 bits per heavy atom. The summed E-state index contributed by atoms with van der Waals surface area (Å²) in [5, 5.41) is 12.6. The molecule has 1 aliphatic carbocycles. The van der Waals surface area contributed by atoms with Gasteiger partial charge in [0.05, 0.1) is 29.6 Å². The zero-order chi connectivity index (χ0) is 27.9. The van der Waals surface area contributed by atoms with Gasteiger partial charge in [0.25, 0.3) is 5.91 Å². The zero-order valence-corrected chi connectivity index (χ0v) is 21.9. The molecule has 1 spiro atoms. The molecule has 1 aromatic carbocycles. The number of hydrogen-bond acceptors (Lipinski definition) is 7. The van der Waals surface area contributed by atoms with Crippen molar-refractivity contribution in [2.45, 2.75) is 43.6 Å².